The standard InChI is InChI=1S/C24H26O4.C19H24O2/c1-23(2,17-8-10-19(25)21(27)13-17)15-6-5-7-16(12-15)24(3,4)18-9-11-20(26)22(28)14-18;1-3-4-5-14(2)19(15-6-10-17(20)11-7-15)16-8-12-18(21)13-9-16/h5-14,25-28H,1-4H3;6-14,19-21H,3-5H2,1-2H3. The molecule has 0 spiro atoms. The van der Waals surface area contributed by atoms with Crippen LogP contribution in [0.1, 0.15) is 100 Å². The number of hydrogen-bond acceptors (Lipinski definition) is 6. The third-order valence-electron chi connectivity index (χ3n) is 9.79. The minimum absolute atomic E-state index is 0.137. The van der Waals surface area contributed by atoms with Gasteiger partial charge in [-0.15, -0.1) is 0 Å². The summed E-state index contributed by atoms with van der Waals surface area (Å²) in [5.74, 6) is 0.844. The van der Waals surface area contributed by atoms with Crippen molar-refractivity contribution in [2.75, 3.05) is 0 Å². The van der Waals surface area contributed by atoms with Crippen molar-refractivity contribution in [3.05, 3.63) is 143 Å². The molecule has 0 aliphatic heterocycles. The first-order valence-electron chi connectivity index (χ1n) is 16.9. The largest absolute Gasteiger partial charge is 0.508 e. The molecule has 0 radical (unpaired) electrons. The van der Waals surface area contributed by atoms with Gasteiger partial charge in [0.2, 0.25) is 0 Å². The predicted octanol–water partition coefficient (Wildman–Crippen LogP) is 10.2. The average molecular weight is 663 g/mol. The maximum absolute atomic E-state index is 9.90. The zero-order chi connectivity index (χ0) is 35.9. The molecule has 6 N–H and O–H groups in total. The molecule has 0 saturated heterocycles. The zero-order valence-electron chi connectivity index (χ0n) is 29.4. The van der Waals surface area contributed by atoms with E-state index in [0.717, 1.165) is 22.3 Å². The molecule has 1 unspecified atom stereocenters. The Bertz CT molecular complexity index is 1700. The Morgan fingerprint density at radius 2 is 0.878 bits per heavy atom. The van der Waals surface area contributed by atoms with E-state index in [-0.39, 0.29) is 28.9 Å². The minimum Gasteiger partial charge on any atom is -0.508 e. The lowest BCUT2D eigenvalue weighted by Crippen LogP contribution is -2.22. The van der Waals surface area contributed by atoms with Crippen molar-refractivity contribution in [1.82, 2.24) is 0 Å². The van der Waals surface area contributed by atoms with Crippen LogP contribution in [0.25, 0.3) is 0 Å². The van der Waals surface area contributed by atoms with Crippen LogP contribution < -0.4 is 0 Å². The fraction of sp³-hybridized carbons (Fsp3) is 0.302. The van der Waals surface area contributed by atoms with E-state index in [2.05, 4.69) is 47.6 Å². The van der Waals surface area contributed by atoms with Crippen LogP contribution in [0, 0.1) is 5.92 Å². The van der Waals surface area contributed by atoms with Gasteiger partial charge in [-0.05, 0) is 94.3 Å². The Hall–Kier alpha value is -5.10. The number of aromatic hydroxyl groups is 6. The summed E-state index contributed by atoms with van der Waals surface area (Å²) < 4.78 is 0. The highest BCUT2D eigenvalue weighted by Gasteiger charge is 2.29. The van der Waals surface area contributed by atoms with Crippen molar-refractivity contribution in [2.24, 2.45) is 5.92 Å². The lowest BCUT2D eigenvalue weighted by atomic mass is 9.73. The van der Waals surface area contributed by atoms with Crippen molar-refractivity contribution in [3.8, 4) is 34.5 Å². The van der Waals surface area contributed by atoms with Crippen LogP contribution in [0.15, 0.2) is 109 Å². The van der Waals surface area contributed by atoms with Gasteiger partial charge >= 0.3 is 0 Å². The quantitative estimate of drug-likeness (QED) is 0.0828. The lowest BCUT2D eigenvalue weighted by molar-refractivity contribution is 0.402. The summed E-state index contributed by atoms with van der Waals surface area (Å²) in [6, 6.07) is 33.0. The minimum atomic E-state index is -0.394. The van der Waals surface area contributed by atoms with Crippen molar-refractivity contribution >= 4 is 0 Å². The summed E-state index contributed by atoms with van der Waals surface area (Å²) in [5.41, 5.74) is 5.53. The molecule has 6 heteroatoms. The molecule has 0 aliphatic carbocycles. The third kappa shape index (κ3) is 8.69. The van der Waals surface area contributed by atoms with Crippen molar-refractivity contribution in [1.29, 1.82) is 0 Å². The summed E-state index contributed by atoms with van der Waals surface area (Å²) in [6.45, 7) is 12.8. The van der Waals surface area contributed by atoms with Gasteiger partial charge in [0.15, 0.2) is 23.0 Å². The third-order valence-corrected chi connectivity index (χ3v) is 9.79. The van der Waals surface area contributed by atoms with E-state index in [4.69, 9.17) is 0 Å². The Kier molecular flexibility index (Phi) is 11.6. The van der Waals surface area contributed by atoms with Gasteiger partial charge in [-0.1, -0.05) is 115 Å². The van der Waals surface area contributed by atoms with Gasteiger partial charge in [0, 0.05) is 16.7 Å². The number of unbranched alkanes of at least 4 members (excludes halogenated alkanes) is 1. The second kappa shape index (κ2) is 15.4. The van der Waals surface area contributed by atoms with Crippen molar-refractivity contribution < 1.29 is 30.6 Å². The predicted molar refractivity (Wildman–Crippen MR) is 197 cm³/mol. The molecule has 258 valence electrons. The maximum Gasteiger partial charge on any atom is 0.157 e. The van der Waals surface area contributed by atoms with Crippen LogP contribution in [0.4, 0.5) is 0 Å². The van der Waals surface area contributed by atoms with Crippen molar-refractivity contribution in [3.63, 3.8) is 0 Å². The van der Waals surface area contributed by atoms with Gasteiger partial charge < -0.3 is 30.6 Å². The van der Waals surface area contributed by atoms with Gasteiger partial charge in [0.1, 0.15) is 11.5 Å². The molecule has 5 rings (SSSR count). The van der Waals surface area contributed by atoms with E-state index in [1.165, 1.54) is 42.5 Å². The fourth-order valence-corrected chi connectivity index (χ4v) is 6.36. The summed E-state index contributed by atoms with van der Waals surface area (Å²) in [5, 5.41) is 58.0. The Morgan fingerprint density at radius 1 is 0.490 bits per heavy atom. The number of phenols is 6. The maximum atomic E-state index is 9.90. The van der Waals surface area contributed by atoms with Crippen LogP contribution in [0.3, 0.4) is 0 Å². The smallest absolute Gasteiger partial charge is 0.157 e. The Balaban J connectivity index is 0.000000230. The molecule has 0 aromatic heterocycles. The van der Waals surface area contributed by atoms with Gasteiger partial charge in [-0.3, -0.25) is 0 Å². The molecule has 6 nitrogen and oxygen atoms in total. The summed E-state index contributed by atoms with van der Waals surface area (Å²) in [4.78, 5) is 0. The molecule has 49 heavy (non-hydrogen) atoms. The molecule has 0 bridgehead atoms. The van der Waals surface area contributed by atoms with Gasteiger partial charge in [0.25, 0.3) is 0 Å². The number of rotatable bonds is 10. The molecule has 0 aliphatic rings. The summed E-state index contributed by atoms with van der Waals surface area (Å²) in [6.07, 6.45) is 3.58. The van der Waals surface area contributed by atoms with E-state index >= 15 is 0 Å². The molecule has 0 saturated carbocycles. The molecule has 0 fully saturated rings. The first kappa shape index (κ1) is 36.7. The zero-order valence-corrected chi connectivity index (χ0v) is 29.4. The first-order chi connectivity index (χ1) is 23.1. The number of benzene rings is 5. The summed E-state index contributed by atoms with van der Waals surface area (Å²) in [7, 11) is 0. The van der Waals surface area contributed by atoms with Gasteiger partial charge in [-0.2, -0.15) is 0 Å². The molecular formula is C43H50O6. The van der Waals surface area contributed by atoms with Crippen molar-refractivity contribution in [2.45, 2.75) is 77.6 Å². The van der Waals surface area contributed by atoms with E-state index in [1.807, 2.05) is 54.6 Å². The van der Waals surface area contributed by atoms with Gasteiger partial charge in [0.05, 0.1) is 0 Å². The Morgan fingerprint density at radius 3 is 1.24 bits per heavy atom. The highest BCUT2D eigenvalue weighted by Crippen LogP contribution is 2.41. The topological polar surface area (TPSA) is 121 Å². The SMILES string of the molecule is CC(C)(c1cccc(C(C)(C)c2ccc(O)c(O)c2)c1)c1ccc(O)c(O)c1.CCCCC(C)C(c1ccc(O)cc1)c1ccc(O)cc1. The molecule has 5 aromatic carbocycles. The second-order valence-electron chi connectivity index (χ2n) is 14.0. The highest BCUT2D eigenvalue weighted by molar-refractivity contribution is 5.50. The highest BCUT2D eigenvalue weighted by atomic mass is 16.3. The average Bonchev–Trinajstić information content (AvgIpc) is 3.08. The molecule has 1 atom stereocenters. The van der Waals surface area contributed by atoms with Crippen LogP contribution in [0.2, 0.25) is 0 Å². The number of phenolic OH excluding ortho intramolecular Hbond substituents is 6. The molecule has 0 heterocycles. The molecular weight excluding hydrogens is 612 g/mol. The molecule has 0 amide bonds. The number of hydrogen-bond donors (Lipinski definition) is 6. The monoisotopic (exact) mass is 662 g/mol. The van der Waals surface area contributed by atoms with Crippen LogP contribution >= 0.6 is 0 Å². The Labute approximate surface area is 290 Å². The normalized spacial score (nSPS) is 12.3. The lowest BCUT2D eigenvalue weighted by Gasteiger charge is -2.31. The van der Waals surface area contributed by atoms with Crippen LogP contribution in [-0.2, 0) is 10.8 Å². The van der Waals surface area contributed by atoms with E-state index in [0.29, 0.717) is 17.4 Å². The van der Waals surface area contributed by atoms with Gasteiger partial charge in [-0.25, -0.2) is 0 Å². The van der Waals surface area contributed by atoms with E-state index in [9.17, 15) is 30.6 Å². The fourth-order valence-electron chi connectivity index (χ4n) is 6.36. The summed E-state index contributed by atoms with van der Waals surface area (Å²) >= 11 is 0. The van der Waals surface area contributed by atoms with Crippen LogP contribution in [-0.4, -0.2) is 30.6 Å². The molecule has 5 aromatic rings. The van der Waals surface area contributed by atoms with E-state index in [1.54, 1.807) is 36.4 Å². The van der Waals surface area contributed by atoms with Crippen LogP contribution in [0.5, 0.6) is 34.5 Å². The van der Waals surface area contributed by atoms with E-state index < -0.39 is 10.8 Å². The second-order valence-corrected chi connectivity index (χ2v) is 14.0. The first-order valence-corrected chi connectivity index (χ1v) is 16.9.